The lowest BCUT2D eigenvalue weighted by Crippen LogP contribution is -2.31. The molecule has 0 saturated heterocycles. The topological polar surface area (TPSA) is 29.1 Å². The van der Waals surface area contributed by atoms with E-state index >= 15 is 0 Å². The van der Waals surface area contributed by atoms with Crippen LogP contribution < -0.4 is 5.32 Å². The molecule has 0 saturated carbocycles. The Bertz CT molecular complexity index is 326. The second-order valence-electron chi connectivity index (χ2n) is 4.08. The fraction of sp³-hybridized carbons (Fsp3) is 0.500. The highest BCUT2D eigenvalue weighted by Crippen LogP contribution is 2.17. The summed E-state index contributed by atoms with van der Waals surface area (Å²) in [5, 5.41) is 2.98. The zero-order chi connectivity index (χ0) is 12.5. The molecule has 2 nitrogen and oxygen atoms in total. The minimum Gasteiger partial charge on any atom is -0.355 e. The maximum atomic E-state index is 11.7. The number of thioether (sulfide) groups is 1. The van der Waals surface area contributed by atoms with Crippen molar-refractivity contribution >= 4 is 17.7 Å². The Morgan fingerprint density at radius 1 is 1.35 bits per heavy atom. The van der Waals surface area contributed by atoms with Crippen molar-refractivity contribution in [3.63, 3.8) is 0 Å². The summed E-state index contributed by atoms with van der Waals surface area (Å²) in [6.45, 7) is 4.89. The normalized spacial score (nSPS) is 12.1. The van der Waals surface area contributed by atoms with Gasteiger partial charge in [-0.3, -0.25) is 4.79 Å². The molecule has 3 heteroatoms. The number of nitrogens with one attached hydrogen (secondary N) is 1. The van der Waals surface area contributed by atoms with Gasteiger partial charge in [0, 0.05) is 12.3 Å². The van der Waals surface area contributed by atoms with Crippen LogP contribution in [-0.4, -0.2) is 17.7 Å². The van der Waals surface area contributed by atoms with Crippen molar-refractivity contribution in [2.45, 2.75) is 37.7 Å². The second-order valence-corrected chi connectivity index (χ2v) is 5.41. The highest BCUT2D eigenvalue weighted by Gasteiger charge is 2.12. The molecule has 0 aliphatic heterocycles. The summed E-state index contributed by atoms with van der Waals surface area (Å²) in [5.41, 5.74) is 1.27. The molecule has 0 bridgehead atoms. The van der Waals surface area contributed by atoms with Crippen molar-refractivity contribution in [2.24, 2.45) is 0 Å². The number of hydrogen-bond donors (Lipinski definition) is 1. The molecule has 1 rings (SSSR count). The van der Waals surface area contributed by atoms with Crippen molar-refractivity contribution in [1.29, 1.82) is 0 Å². The maximum Gasteiger partial charge on any atom is 0.232 e. The predicted octanol–water partition coefficient (Wildman–Crippen LogP) is 3.22. The maximum absolute atomic E-state index is 11.7. The van der Waals surface area contributed by atoms with Crippen LogP contribution in [-0.2, 0) is 10.5 Å². The summed E-state index contributed by atoms with van der Waals surface area (Å²) in [7, 11) is 0. The van der Waals surface area contributed by atoms with Gasteiger partial charge in [-0.2, -0.15) is 0 Å². The van der Waals surface area contributed by atoms with Crippen molar-refractivity contribution in [2.75, 3.05) is 6.54 Å². The van der Waals surface area contributed by atoms with Crippen molar-refractivity contribution in [3.05, 3.63) is 35.9 Å². The van der Waals surface area contributed by atoms with Crippen LogP contribution in [0.2, 0.25) is 0 Å². The Hall–Kier alpha value is -0.960. The van der Waals surface area contributed by atoms with Gasteiger partial charge in [0.1, 0.15) is 0 Å². The lowest BCUT2D eigenvalue weighted by atomic mass is 10.2. The highest BCUT2D eigenvalue weighted by molar-refractivity contribution is 7.99. The molecule has 1 atom stereocenters. The Morgan fingerprint density at radius 2 is 2.06 bits per heavy atom. The van der Waals surface area contributed by atoms with E-state index in [0.29, 0.717) is 0 Å². The molecule has 0 fully saturated rings. The molecular formula is C14H21NOS. The average molecular weight is 251 g/mol. The third kappa shape index (κ3) is 5.78. The molecular weight excluding hydrogens is 230 g/mol. The van der Waals surface area contributed by atoms with Crippen LogP contribution in [0.25, 0.3) is 0 Å². The minimum atomic E-state index is 0.0204. The first-order chi connectivity index (χ1) is 8.24. The Balaban J connectivity index is 2.24. The molecule has 0 heterocycles. The fourth-order valence-electron chi connectivity index (χ4n) is 1.40. The first kappa shape index (κ1) is 14.1. The first-order valence-corrected chi connectivity index (χ1v) is 7.22. The minimum absolute atomic E-state index is 0.0204. The molecule has 0 aromatic heterocycles. The number of amides is 1. The van der Waals surface area contributed by atoms with E-state index in [-0.39, 0.29) is 11.2 Å². The summed E-state index contributed by atoms with van der Waals surface area (Å²) in [6, 6.07) is 10.3. The molecule has 0 radical (unpaired) electrons. The van der Waals surface area contributed by atoms with E-state index in [4.69, 9.17) is 0 Å². The number of unbranched alkanes of at least 4 members (excludes halogenated alkanes) is 1. The van der Waals surface area contributed by atoms with E-state index < -0.39 is 0 Å². The monoisotopic (exact) mass is 251 g/mol. The lowest BCUT2D eigenvalue weighted by molar-refractivity contribution is -0.120. The van der Waals surface area contributed by atoms with E-state index in [1.54, 1.807) is 11.8 Å². The molecule has 0 spiro atoms. The largest absolute Gasteiger partial charge is 0.355 e. The van der Waals surface area contributed by atoms with Crippen LogP contribution in [0.5, 0.6) is 0 Å². The number of carbonyl (C=O) groups is 1. The molecule has 1 aromatic rings. The molecule has 0 unspecified atom stereocenters. The Labute approximate surface area is 108 Å². The van der Waals surface area contributed by atoms with Crippen molar-refractivity contribution in [1.82, 2.24) is 5.32 Å². The van der Waals surface area contributed by atoms with Gasteiger partial charge in [0.05, 0.1) is 5.25 Å². The third-order valence-corrected chi connectivity index (χ3v) is 3.76. The standard InChI is InChI=1S/C14H21NOS/c1-3-4-10-15-14(16)12(2)17-11-13-8-6-5-7-9-13/h5-9,12H,3-4,10-11H2,1-2H3,(H,15,16)/t12-/m1/s1. The first-order valence-electron chi connectivity index (χ1n) is 6.17. The van der Waals surface area contributed by atoms with Crippen LogP contribution in [0.15, 0.2) is 30.3 Å². The van der Waals surface area contributed by atoms with Gasteiger partial charge in [-0.25, -0.2) is 0 Å². The zero-order valence-electron chi connectivity index (χ0n) is 10.6. The van der Waals surface area contributed by atoms with E-state index in [1.165, 1.54) is 5.56 Å². The van der Waals surface area contributed by atoms with E-state index in [2.05, 4.69) is 24.4 Å². The summed E-state index contributed by atoms with van der Waals surface area (Å²) in [5.74, 6) is 1.04. The summed E-state index contributed by atoms with van der Waals surface area (Å²) < 4.78 is 0. The third-order valence-electron chi connectivity index (χ3n) is 2.54. The van der Waals surface area contributed by atoms with Gasteiger partial charge in [0.15, 0.2) is 0 Å². The number of benzene rings is 1. The van der Waals surface area contributed by atoms with Gasteiger partial charge < -0.3 is 5.32 Å². The lowest BCUT2D eigenvalue weighted by Gasteiger charge is -2.11. The van der Waals surface area contributed by atoms with Gasteiger partial charge in [-0.15, -0.1) is 11.8 Å². The summed E-state index contributed by atoms with van der Waals surface area (Å²) in [4.78, 5) is 11.7. The van der Waals surface area contributed by atoms with Crippen LogP contribution in [0.3, 0.4) is 0 Å². The number of hydrogen-bond acceptors (Lipinski definition) is 2. The van der Waals surface area contributed by atoms with E-state index in [0.717, 1.165) is 25.1 Å². The molecule has 0 aliphatic rings. The summed E-state index contributed by atoms with van der Waals surface area (Å²) >= 11 is 1.68. The van der Waals surface area contributed by atoms with Crippen LogP contribution in [0, 0.1) is 0 Å². The Morgan fingerprint density at radius 3 is 2.71 bits per heavy atom. The SMILES string of the molecule is CCCCNC(=O)[C@@H](C)SCc1ccccc1. The average Bonchev–Trinajstić information content (AvgIpc) is 2.37. The van der Waals surface area contributed by atoms with Gasteiger partial charge in [0.25, 0.3) is 0 Å². The zero-order valence-corrected chi connectivity index (χ0v) is 11.4. The highest BCUT2D eigenvalue weighted by atomic mass is 32.2. The fourth-order valence-corrected chi connectivity index (χ4v) is 2.27. The van der Waals surface area contributed by atoms with Gasteiger partial charge in [0.2, 0.25) is 5.91 Å². The molecule has 1 amide bonds. The number of rotatable bonds is 7. The second kappa shape index (κ2) is 8.18. The molecule has 0 aliphatic carbocycles. The van der Waals surface area contributed by atoms with E-state index in [9.17, 15) is 4.79 Å². The van der Waals surface area contributed by atoms with Gasteiger partial charge in [-0.05, 0) is 18.9 Å². The van der Waals surface area contributed by atoms with Crippen molar-refractivity contribution in [3.8, 4) is 0 Å². The number of carbonyl (C=O) groups excluding carboxylic acids is 1. The smallest absolute Gasteiger partial charge is 0.232 e. The molecule has 94 valence electrons. The Kier molecular flexibility index (Phi) is 6.78. The van der Waals surface area contributed by atoms with Crippen LogP contribution in [0.4, 0.5) is 0 Å². The van der Waals surface area contributed by atoms with Crippen LogP contribution >= 0.6 is 11.8 Å². The van der Waals surface area contributed by atoms with Crippen molar-refractivity contribution < 1.29 is 4.79 Å². The van der Waals surface area contributed by atoms with Gasteiger partial charge >= 0.3 is 0 Å². The molecule has 17 heavy (non-hydrogen) atoms. The van der Waals surface area contributed by atoms with E-state index in [1.807, 2.05) is 25.1 Å². The van der Waals surface area contributed by atoms with Gasteiger partial charge in [-0.1, -0.05) is 43.7 Å². The summed E-state index contributed by atoms with van der Waals surface area (Å²) in [6.07, 6.45) is 2.17. The predicted molar refractivity (Wildman–Crippen MR) is 75.1 cm³/mol. The molecule has 1 aromatic carbocycles. The molecule has 1 N–H and O–H groups in total. The quantitative estimate of drug-likeness (QED) is 0.754. The van der Waals surface area contributed by atoms with Crippen LogP contribution in [0.1, 0.15) is 32.3 Å².